The third-order valence-corrected chi connectivity index (χ3v) is 3.36. The van der Waals surface area contributed by atoms with E-state index in [0.29, 0.717) is 17.6 Å². The molecule has 2 unspecified atom stereocenters. The van der Waals surface area contributed by atoms with Crippen molar-refractivity contribution >= 4 is 0 Å². The minimum atomic E-state index is -0.0704. The molecule has 0 aliphatic heterocycles. The van der Waals surface area contributed by atoms with Crippen molar-refractivity contribution in [3.8, 4) is 5.75 Å². The molecular formula is C15H25NO. The third-order valence-electron chi connectivity index (χ3n) is 3.36. The van der Waals surface area contributed by atoms with Gasteiger partial charge < -0.3 is 10.8 Å². The van der Waals surface area contributed by atoms with Crippen molar-refractivity contribution in [1.29, 1.82) is 0 Å². The monoisotopic (exact) mass is 235 g/mol. The largest absolute Gasteiger partial charge is 0.508 e. The summed E-state index contributed by atoms with van der Waals surface area (Å²) >= 11 is 0. The van der Waals surface area contributed by atoms with Crippen LogP contribution in [0, 0.1) is 5.92 Å². The molecule has 17 heavy (non-hydrogen) atoms. The van der Waals surface area contributed by atoms with Crippen molar-refractivity contribution in [3.05, 3.63) is 29.3 Å². The van der Waals surface area contributed by atoms with E-state index < -0.39 is 0 Å². The van der Waals surface area contributed by atoms with Crippen LogP contribution < -0.4 is 5.73 Å². The van der Waals surface area contributed by atoms with Crippen LogP contribution in [0.4, 0.5) is 0 Å². The van der Waals surface area contributed by atoms with Crippen LogP contribution in [0.15, 0.2) is 18.2 Å². The standard InChI is InChI=1S/C15H25NO/c1-5-11(4)12-6-7-15(17)13(9-12)14(16)8-10(2)3/h6-7,9-11,14,17H,5,8,16H2,1-4H3. The Bertz CT molecular complexity index is 360. The SMILES string of the molecule is CCC(C)c1ccc(O)c(C(N)CC(C)C)c1. The van der Waals surface area contributed by atoms with Gasteiger partial charge in [0.15, 0.2) is 0 Å². The van der Waals surface area contributed by atoms with Gasteiger partial charge in [0.2, 0.25) is 0 Å². The molecular weight excluding hydrogens is 210 g/mol. The summed E-state index contributed by atoms with van der Waals surface area (Å²) in [6, 6.07) is 5.77. The maximum atomic E-state index is 9.89. The maximum absolute atomic E-state index is 9.89. The summed E-state index contributed by atoms with van der Waals surface area (Å²) in [5, 5.41) is 9.89. The molecule has 0 fully saturated rings. The molecule has 2 heteroatoms. The average molecular weight is 235 g/mol. The average Bonchev–Trinajstić information content (AvgIpc) is 2.27. The van der Waals surface area contributed by atoms with E-state index in [2.05, 4.69) is 33.8 Å². The number of rotatable bonds is 5. The quantitative estimate of drug-likeness (QED) is 0.811. The lowest BCUT2D eigenvalue weighted by Crippen LogP contribution is -2.13. The fourth-order valence-electron chi connectivity index (χ4n) is 2.05. The number of benzene rings is 1. The van der Waals surface area contributed by atoms with Gasteiger partial charge in [-0.15, -0.1) is 0 Å². The van der Waals surface area contributed by atoms with E-state index >= 15 is 0 Å². The first-order valence-corrected chi connectivity index (χ1v) is 6.54. The molecule has 1 aromatic carbocycles. The topological polar surface area (TPSA) is 46.2 Å². The van der Waals surface area contributed by atoms with Crippen LogP contribution in [-0.4, -0.2) is 5.11 Å². The van der Waals surface area contributed by atoms with Gasteiger partial charge in [0.1, 0.15) is 5.75 Å². The summed E-state index contributed by atoms with van der Waals surface area (Å²) in [7, 11) is 0. The molecule has 0 aliphatic rings. The summed E-state index contributed by atoms with van der Waals surface area (Å²) in [5.74, 6) is 1.38. The van der Waals surface area contributed by atoms with E-state index in [1.165, 1.54) is 5.56 Å². The summed E-state index contributed by atoms with van der Waals surface area (Å²) in [4.78, 5) is 0. The molecule has 0 saturated heterocycles. The van der Waals surface area contributed by atoms with E-state index in [1.54, 1.807) is 6.07 Å². The first-order valence-electron chi connectivity index (χ1n) is 6.54. The number of phenolic OH excluding ortho intramolecular Hbond substituents is 1. The minimum Gasteiger partial charge on any atom is -0.508 e. The van der Waals surface area contributed by atoms with Gasteiger partial charge in [-0.3, -0.25) is 0 Å². The Morgan fingerprint density at radius 2 is 1.88 bits per heavy atom. The Morgan fingerprint density at radius 1 is 1.24 bits per heavy atom. The molecule has 0 radical (unpaired) electrons. The van der Waals surface area contributed by atoms with E-state index in [0.717, 1.165) is 18.4 Å². The lowest BCUT2D eigenvalue weighted by Gasteiger charge is -2.18. The molecule has 2 atom stereocenters. The summed E-state index contributed by atoms with van der Waals surface area (Å²) < 4.78 is 0. The lowest BCUT2D eigenvalue weighted by atomic mass is 9.91. The minimum absolute atomic E-state index is 0.0704. The van der Waals surface area contributed by atoms with Crippen LogP contribution in [0.1, 0.15) is 63.6 Å². The number of hydrogen-bond donors (Lipinski definition) is 2. The Morgan fingerprint density at radius 3 is 2.41 bits per heavy atom. The summed E-state index contributed by atoms with van der Waals surface area (Å²) in [5.41, 5.74) is 8.30. The van der Waals surface area contributed by atoms with Crippen molar-refractivity contribution in [2.45, 2.75) is 52.5 Å². The highest BCUT2D eigenvalue weighted by atomic mass is 16.3. The zero-order valence-electron chi connectivity index (χ0n) is 11.4. The van der Waals surface area contributed by atoms with Crippen LogP contribution >= 0.6 is 0 Å². The van der Waals surface area contributed by atoms with E-state index in [1.807, 2.05) is 6.07 Å². The Hall–Kier alpha value is -1.02. The van der Waals surface area contributed by atoms with Gasteiger partial charge >= 0.3 is 0 Å². The summed E-state index contributed by atoms with van der Waals surface area (Å²) in [6.07, 6.45) is 2.00. The molecule has 0 bridgehead atoms. The van der Waals surface area contributed by atoms with Gasteiger partial charge in [-0.1, -0.05) is 39.8 Å². The molecule has 2 nitrogen and oxygen atoms in total. The maximum Gasteiger partial charge on any atom is 0.120 e. The smallest absolute Gasteiger partial charge is 0.120 e. The van der Waals surface area contributed by atoms with E-state index in [9.17, 15) is 5.11 Å². The normalized spacial score (nSPS) is 14.9. The van der Waals surface area contributed by atoms with Crippen LogP contribution in [0.2, 0.25) is 0 Å². The molecule has 0 spiro atoms. The van der Waals surface area contributed by atoms with Crippen molar-refractivity contribution in [2.75, 3.05) is 0 Å². The molecule has 96 valence electrons. The van der Waals surface area contributed by atoms with Crippen molar-refractivity contribution in [3.63, 3.8) is 0 Å². The second-order valence-corrected chi connectivity index (χ2v) is 5.36. The molecule has 1 aromatic rings. The van der Waals surface area contributed by atoms with Crippen LogP contribution in [0.3, 0.4) is 0 Å². The molecule has 0 aromatic heterocycles. The van der Waals surface area contributed by atoms with Crippen molar-refractivity contribution < 1.29 is 5.11 Å². The summed E-state index contributed by atoms with van der Waals surface area (Å²) in [6.45, 7) is 8.67. The van der Waals surface area contributed by atoms with Crippen LogP contribution in [0.5, 0.6) is 5.75 Å². The fourth-order valence-corrected chi connectivity index (χ4v) is 2.05. The van der Waals surface area contributed by atoms with Gasteiger partial charge in [-0.05, 0) is 36.3 Å². The van der Waals surface area contributed by atoms with Crippen molar-refractivity contribution in [2.24, 2.45) is 11.7 Å². The Balaban J connectivity index is 2.97. The molecule has 0 amide bonds. The highest BCUT2D eigenvalue weighted by molar-refractivity contribution is 5.39. The van der Waals surface area contributed by atoms with E-state index in [4.69, 9.17) is 5.73 Å². The first kappa shape index (κ1) is 14.0. The van der Waals surface area contributed by atoms with Gasteiger partial charge in [-0.2, -0.15) is 0 Å². The molecule has 0 aliphatic carbocycles. The number of phenols is 1. The highest BCUT2D eigenvalue weighted by Gasteiger charge is 2.14. The number of nitrogens with two attached hydrogens (primary N) is 1. The molecule has 1 rings (SSSR count). The van der Waals surface area contributed by atoms with Gasteiger partial charge in [-0.25, -0.2) is 0 Å². The zero-order valence-corrected chi connectivity index (χ0v) is 11.4. The molecule has 3 N–H and O–H groups in total. The lowest BCUT2D eigenvalue weighted by molar-refractivity contribution is 0.444. The van der Waals surface area contributed by atoms with Crippen LogP contribution in [-0.2, 0) is 0 Å². The zero-order chi connectivity index (χ0) is 13.0. The van der Waals surface area contributed by atoms with Gasteiger partial charge in [0.25, 0.3) is 0 Å². The highest BCUT2D eigenvalue weighted by Crippen LogP contribution is 2.30. The first-order chi connectivity index (χ1) is 7.95. The van der Waals surface area contributed by atoms with E-state index in [-0.39, 0.29) is 6.04 Å². The van der Waals surface area contributed by atoms with Gasteiger partial charge in [0.05, 0.1) is 0 Å². The Labute approximate surface area is 105 Å². The fraction of sp³-hybridized carbons (Fsp3) is 0.600. The molecule has 0 heterocycles. The Kier molecular flexibility index (Phi) is 5.01. The van der Waals surface area contributed by atoms with Gasteiger partial charge in [0, 0.05) is 11.6 Å². The van der Waals surface area contributed by atoms with Crippen LogP contribution in [0.25, 0.3) is 0 Å². The molecule has 0 saturated carbocycles. The third kappa shape index (κ3) is 3.74. The predicted octanol–water partition coefficient (Wildman–Crippen LogP) is 3.95. The van der Waals surface area contributed by atoms with Crippen molar-refractivity contribution in [1.82, 2.24) is 0 Å². The second kappa shape index (κ2) is 6.06. The predicted molar refractivity (Wildman–Crippen MR) is 73.2 cm³/mol. The number of hydrogen-bond acceptors (Lipinski definition) is 2. The second-order valence-electron chi connectivity index (χ2n) is 5.36. The number of aromatic hydroxyl groups is 1.